The number of rotatable bonds is 2. The summed E-state index contributed by atoms with van der Waals surface area (Å²) in [5.41, 5.74) is 0.310. The highest BCUT2D eigenvalue weighted by Gasteiger charge is 2.03. The molecule has 54 valence electrons. The lowest BCUT2D eigenvalue weighted by atomic mass is 10.4. The zero-order valence-corrected chi connectivity index (χ0v) is 6.23. The van der Waals surface area contributed by atoms with E-state index < -0.39 is 5.97 Å². The molecule has 0 spiro atoms. The van der Waals surface area contributed by atoms with Crippen LogP contribution in [0.25, 0.3) is 0 Å². The molecule has 10 heavy (non-hydrogen) atoms. The van der Waals surface area contributed by atoms with Gasteiger partial charge in [-0.1, -0.05) is 0 Å². The van der Waals surface area contributed by atoms with Gasteiger partial charge in [0.1, 0.15) is 0 Å². The number of aromatic amines is 1. The topological polar surface area (TPSA) is 53.1 Å². The maximum absolute atomic E-state index is 10.3. The summed E-state index contributed by atoms with van der Waals surface area (Å²) in [7, 11) is 0. The highest BCUT2D eigenvalue weighted by Crippen LogP contribution is 2.13. The van der Waals surface area contributed by atoms with Crippen LogP contribution in [-0.2, 0) is 0 Å². The van der Waals surface area contributed by atoms with Crippen molar-refractivity contribution in [3.63, 3.8) is 0 Å². The molecular formula is C6H7NO2S. The second-order valence-corrected chi connectivity index (χ2v) is 2.61. The Balaban J connectivity index is 2.88. The summed E-state index contributed by atoms with van der Waals surface area (Å²) in [5.74, 6) is -0.892. The second-order valence-electron chi connectivity index (χ2n) is 1.76. The molecule has 0 aliphatic heterocycles. The summed E-state index contributed by atoms with van der Waals surface area (Å²) in [6, 6.07) is 1.60. The molecule has 1 aromatic heterocycles. The predicted octanol–water partition coefficient (Wildman–Crippen LogP) is 1.43. The minimum absolute atomic E-state index is 0.310. The summed E-state index contributed by atoms with van der Waals surface area (Å²) in [6.45, 7) is 0. The number of hydrogen-bond acceptors (Lipinski definition) is 2. The van der Waals surface area contributed by atoms with Gasteiger partial charge in [0.25, 0.3) is 0 Å². The summed E-state index contributed by atoms with van der Waals surface area (Å²) in [6.07, 6.45) is 3.37. The zero-order chi connectivity index (χ0) is 7.56. The van der Waals surface area contributed by atoms with Crippen molar-refractivity contribution in [3.8, 4) is 0 Å². The molecule has 1 heterocycles. The van der Waals surface area contributed by atoms with Gasteiger partial charge in [0.05, 0.1) is 10.6 Å². The normalized spacial score (nSPS) is 9.70. The molecule has 1 rings (SSSR count). The van der Waals surface area contributed by atoms with Crippen LogP contribution in [0.15, 0.2) is 17.3 Å². The Labute approximate surface area is 62.4 Å². The molecule has 4 heteroatoms. The van der Waals surface area contributed by atoms with Gasteiger partial charge in [0, 0.05) is 6.20 Å². The van der Waals surface area contributed by atoms with Gasteiger partial charge in [-0.3, -0.25) is 0 Å². The second kappa shape index (κ2) is 2.79. The largest absolute Gasteiger partial charge is 0.478 e. The maximum atomic E-state index is 10.3. The summed E-state index contributed by atoms with van der Waals surface area (Å²) >= 11 is 1.49. The van der Waals surface area contributed by atoms with Crippen molar-refractivity contribution < 1.29 is 9.90 Å². The van der Waals surface area contributed by atoms with Gasteiger partial charge in [-0.15, -0.1) is 11.8 Å². The predicted molar refractivity (Wildman–Crippen MR) is 39.5 cm³/mol. The molecule has 0 aliphatic rings. The van der Waals surface area contributed by atoms with Gasteiger partial charge in [-0.05, 0) is 12.3 Å². The monoisotopic (exact) mass is 157 g/mol. The van der Waals surface area contributed by atoms with Crippen LogP contribution < -0.4 is 0 Å². The Hall–Kier alpha value is -0.900. The minimum atomic E-state index is -0.892. The van der Waals surface area contributed by atoms with Crippen LogP contribution >= 0.6 is 11.8 Å². The fourth-order valence-electron chi connectivity index (χ4n) is 0.615. The number of nitrogens with one attached hydrogen (secondary N) is 1. The van der Waals surface area contributed by atoms with Crippen molar-refractivity contribution in [2.45, 2.75) is 5.03 Å². The van der Waals surface area contributed by atoms with E-state index in [-0.39, 0.29) is 0 Å². The molecule has 0 radical (unpaired) electrons. The number of aromatic carboxylic acids is 1. The van der Waals surface area contributed by atoms with E-state index >= 15 is 0 Å². The van der Waals surface area contributed by atoms with E-state index in [0.29, 0.717) is 5.56 Å². The van der Waals surface area contributed by atoms with Crippen LogP contribution in [0.3, 0.4) is 0 Å². The first-order valence-corrected chi connectivity index (χ1v) is 3.92. The standard InChI is InChI=1S/C6H7NO2S/c1-10-5-2-4(3-7-5)6(8)9/h2-3,7H,1H3,(H,8,9). The van der Waals surface area contributed by atoms with Crippen LogP contribution in [0.2, 0.25) is 0 Å². The Morgan fingerprint density at radius 2 is 2.50 bits per heavy atom. The van der Waals surface area contributed by atoms with Gasteiger partial charge in [0.15, 0.2) is 0 Å². The Morgan fingerprint density at radius 3 is 2.80 bits per heavy atom. The van der Waals surface area contributed by atoms with Crippen molar-refractivity contribution in [2.24, 2.45) is 0 Å². The van der Waals surface area contributed by atoms with E-state index in [0.717, 1.165) is 5.03 Å². The fraction of sp³-hybridized carbons (Fsp3) is 0.167. The summed E-state index contributed by atoms with van der Waals surface area (Å²) < 4.78 is 0. The number of H-pyrrole nitrogens is 1. The van der Waals surface area contributed by atoms with Gasteiger partial charge in [-0.2, -0.15) is 0 Å². The van der Waals surface area contributed by atoms with Crippen LogP contribution in [0, 0.1) is 0 Å². The smallest absolute Gasteiger partial charge is 0.337 e. The number of carboxylic acid groups (broad SMARTS) is 1. The summed E-state index contributed by atoms with van der Waals surface area (Å²) in [4.78, 5) is 13.1. The quantitative estimate of drug-likeness (QED) is 0.638. The van der Waals surface area contributed by atoms with E-state index in [1.165, 1.54) is 18.0 Å². The van der Waals surface area contributed by atoms with Crippen molar-refractivity contribution in [2.75, 3.05) is 6.26 Å². The van der Waals surface area contributed by atoms with E-state index in [2.05, 4.69) is 4.98 Å². The van der Waals surface area contributed by atoms with E-state index in [9.17, 15) is 4.79 Å². The molecule has 0 saturated carbocycles. The molecule has 1 aromatic rings. The van der Waals surface area contributed by atoms with Crippen LogP contribution in [0.4, 0.5) is 0 Å². The van der Waals surface area contributed by atoms with E-state index in [1.807, 2.05) is 6.26 Å². The zero-order valence-electron chi connectivity index (χ0n) is 5.42. The maximum Gasteiger partial charge on any atom is 0.337 e. The SMILES string of the molecule is CSc1cc(C(=O)O)c[nH]1. The number of aromatic nitrogens is 1. The van der Waals surface area contributed by atoms with Gasteiger partial charge >= 0.3 is 5.97 Å². The molecule has 0 aromatic carbocycles. The Bertz CT molecular complexity index is 244. The lowest BCUT2D eigenvalue weighted by Gasteiger charge is -1.82. The van der Waals surface area contributed by atoms with Gasteiger partial charge in [0.2, 0.25) is 0 Å². The first kappa shape index (κ1) is 7.21. The lowest BCUT2D eigenvalue weighted by molar-refractivity contribution is 0.0697. The molecule has 0 amide bonds. The Morgan fingerprint density at radius 1 is 1.80 bits per heavy atom. The van der Waals surface area contributed by atoms with Crippen molar-refractivity contribution >= 4 is 17.7 Å². The third-order valence-electron chi connectivity index (χ3n) is 1.12. The molecule has 0 unspecified atom stereocenters. The molecule has 0 atom stereocenters. The van der Waals surface area contributed by atoms with Crippen molar-refractivity contribution in [1.29, 1.82) is 0 Å². The van der Waals surface area contributed by atoms with Gasteiger partial charge < -0.3 is 10.1 Å². The molecule has 0 fully saturated rings. The van der Waals surface area contributed by atoms with Gasteiger partial charge in [-0.25, -0.2) is 4.79 Å². The van der Waals surface area contributed by atoms with E-state index in [1.54, 1.807) is 6.07 Å². The van der Waals surface area contributed by atoms with Crippen LogP contribution in [0.1, 0.15) is 10.4 Å². The number of thioether (sulfide) groups is 1. The third kappa shape index (κ3) is 1.33. The lowest BCUT2D eigenvalue weighted by Crippen LogP contribution is -1.91. The first-order valence-electron chi connectivity index (χ1n) is 2.69. The Kier molecular flexibility index (Phi) is 2.01. The minimum Gasteiger partial charge on any atom is -0.478 e. The highest BCUT2D eigenvalue weighted by atomic mass is 32.2. The molecular weight excluding hydrogens is 150 g/mol. The molecule has 2 N–H and O–H groups in total. The highest BCUT2D eigenvalue weighted by molar-refractivity contribution is 7.98. The van der Waals surface area contributed by atoms with Crippen molar-refractivity contribution in [3.05, 3.63) is 17.8 Å². The summed E-state index contributed by atoms with van der Waals surface area (Å²) in [5, 5.41) is 9.34. The van der Waals surface area contributed by atoms with E-state index in [4.69, 9.17) is 5.11 Å². The number of carboxylic acids is 1. The molecule has 0 bridgehead atoms. The average Bonchev–Trinajstić information content (AvgIpc) is 2.34. The number of carbonyl (C=O) groups is 1. The first-order chi connectivity index (χ1) is 4.74. The number of hydrogen-bond donors (Lipinski definition) is 2. The fourth-order valence-corrected chi connectivity index (χ4v) is 1.04. The molecule has 3 nitrogen and oxygen atoms in total. The molecule has 0 aliphatic carbocycles. The third-order valence-corrected chi connectivity index (χ3v) is 1.80. The molecule has 0 saturated heterocycles. The van der Waals surface area contributed by atoms with Crippen molar-refractivity contribution in [1.82, 2.24) is 4.98 Å². The van der Waals surface area contributed by atoms with Crippen LogP contribution in [0.5, 0.6) is 0 Å². The average molecular weight is 157 g/mol. The van der Waals surface area contributed by atoms with Crippen LogP contribution in [-0.4, -0.2) is 22.3 Å².